The number of rotatable bonds is 3. The number of hydrogen-bond donors (Lipinski definition) is 1. The molecule has 0 spiro atoms. The highest BCUT2D eigenvalue weighted by Gasteiger charge is 2.21. The Morgan fingerprint density at radius 2 is 2.25 bits per heavy atom. The number of thiophene rings is 1. The molecule has 2 N–H and O–H groups in total. The Morgan fingerprint density at radius 3 is 2.75 bits per heavy atom. The highest BCUT2D eigenvalue weighted by molar-refractivity contribution is 9.10. The molecular formula is C12H19BrN2S. The molecule has 90 valence electrons. The van der Waals surface area contributed by atoms with E-state index in [9.17, 15) is 0 Å². The molecule has 1 saturated heterocycles. The molecule has 0 radical (unpaired) electrons. The summed E-state index contributed by atoms with van der Waals surface area (Å²) in [5, 5.41) is 2.16. The van der Waals surface area contributed by atoms with Crippen molar-refractivity contribution in [3.05, 3.63) is 20.8 Å². The zero-order chi connectivity index (χ0) is 11.5. The van der Waals surface area contributed by atoms with Crippen molar-refractivity contribution in [1.29, 1.82) is 0 Å². The van der Waals surface area contributed by atoms with Gasteiger partial charge in [0.25, 0.3) is 0 Å². The van der Waals surface area contributed by atoms with E-state index in [1.165, 1.54) is 35.3 Å². The van der Waals surface area contributed by atoms with Crippen molar-refractivity contribution in [2.45, 2.75) is 32.4 Å². The minimum Gasteiger partial charge on any atom is -0.328 e. The molecule has 0 aliphatic carbocycles. The maximum atomic E-state index is 5.95. The van der Waals surface area contributed by atoms with E-state index in [4.69, 9.17) is 5.73 Å². The van der Waals surface area contributed by atoms with Gasteiger partial charge in [0.05, 0.1) is 0 Å². The van der Waals surface area contributed by atoms with Crippen LogP contribution in [0.1, 0.15) is 24.6 Å². The Bertz CT molecular complexity index is 330. The van der Waals surface area contributed by atoms with E-state index in [1.807, 2.05) is 11.3 Å². The normalized spacial score (nSPS) is 21.2. The molecule has 0 saturated carbocycles. The van der Waals surface area contributed by atoms with Crippen LogP contribution in [-0.2, 0) is 6.54 Å². The molecule has 4 heteroatoms. The summed E-state index contributed by atoms with van der Waals surface area (Å²) in [6, 6.07) is 2.58. The average molecular weight is 303 g/mol. The van der Waals surface area contributed by atoms with Crippen LogP contribution in [0, 0.1) is 5.92 Å². The fourth-order valence-corrected chi connectivity index (χ4v) is 3.79. The van der Waals surface area contributed by atoms with Crippen LogP contribution in [0.3, 0.4) is 0 Å². The predicted molar refractivity (Wildman–Crippen MR) is 73.7 cm³/mol. The van der Waals surface area contributed by atoms with E-state index in [0.29, 0.717) is 6.04 Å². The number of nitrogens with zero attached hydrogens (tertiary/aromatic N) is 1. The van der Waals surface area contributed by atoms with Crippen LogP contribution in [0.4, 0.5) is 0 Å². The first-order valence-corrected chi connectivity index (χ1v) is 7.53. The van der Waals surface area contributed by atoms with Gasteiger partial charge in [0.2, 0.25) is 0 Å². The van der Waals surface area contributed by atoms with Crippen LogP contribution in [0.2, 0.25) is 0 Å². The fourth-order valence-electron chi connectivity index (χ4n) is 2.29. The van der Waals surface area contributed by atoms with Crippen molar-refractivity contribution in [1.82, 2.24) is 4.90 Å². The molecule has 1 aromatic rings. The first kappa shape index (κ1) is 12.6. The Kier molecular flexibility index (Phi) is 4.41. The van der Waals surface area contributed by atoms with Gasteiger partial charge in [-0.1, -0.05) is 0 Å². The van der Waals surface area contributed by atoms with E-state index < -0.39 is 0 Å². The largest absolute Gasteiger partial charge is 0.328 e. The van der Waals surface area contributed by atoms with Gasteiger partial charge in [0, 0.05) is 27.3 Å². The van der Waals surface area contributed by atoms with E-state index in [-0.39, 0.29) is 0 Å². The van der Waals surface area contributed by atoms with Crippen molar-refractivity contribution in [2.75, 3.05) is 13.1 Å². The molecule has 0 aromatic carbocycles. The minimum atomic E-state index is 0.359. The molecule has 1 aliphatic heterocycles. The monoisotopic (exact) mass is 302 g/mol. The molecule has 16 heavy (non-hydrogen) atoms. The van der Waals surface area contributed by atoms with Crippen LogP contribution in [0.5, 0.6) is 0 Å². The van der Waals surface area contributed by atoms with Crippen LogP contribution in [-0.4, -0.2) is 24.0 Å². The molecule has 1 unspecified atom stereocenters. The first-order chi connectivity index (χ1) is 7.65. The van der Waals surface area contributed by atoms with Crippen molar-refractivity contribution in [3.63, 3.8) is 0 Å². The van der Waals surface area contributed by atoms with Crippen molar-refractivity contribution in [2.24, 2.45) is 11.7 Å². The lowest BCUT2D eigenvalue weighted by Gasteiger charge is -2.33. The predicted octanol–water partition coefficient (Wildman–Crippen LogP) is 3.07. The smallest absolute Gasteiger partial charge is 0.0328 e. The number of piperidine rings is 1. The third-order valence-corrected chi connectivity index (χ3v) is 5.06. The van der Waals surface area contributed by atoms with Gasteiger partial charge < -0.3 is 5.73 Å². The number of halogens is 1. The number of likely N-dealkylation sites (tertiary alicyclic amines) is 1. The summed E-state index contributed by atoms with van der Waals surface area (Å²) in [7, 11) is 0. The Labute approximate surface area is 110 Å². The van der Waals surface area contributed by atoms with Gasteiger partial charge in [-0.15, -0.1) is 11.3 Å². The standard InChI is InChI=1S/C12H19BrN2S/c1-9(14)10-2-4-15(5-3-10)7-12-6-11(13)8-16-12/h6,8-10H,2-5,7,14H2,1H3. The van der Waals surface area contributed by atoms with Gasteiger partial charge >= 0.3 is 0 Å². The zero-order valence-electron chi connectivity index (χ0n) is 9.66. The maximum Gasteiger partial charge on any atom is 0.0328 e. The molecule has 2 rings (SSSR count). The van der Waals surface area contributed by atoms with Gasteiger partial charge in [-0.05, 0) is 60.8 Å². The van der Waals surface area contributed by atoms with Crippen LogP contribution < -0.4 is 5.73 Å². The summed E-state index contributed by atoms with van der Waals surface area (Å²) in [4.78, 5) is 3.99. The second-order valence-electron chi connectivity index (χ2n) is 4.70. The molecule has 1 fully saturated rings. The second-order valence-corrected chi connectivity index (χ2v) is 6.62. The van der Waals surface area contributed by atoms with Gasteiger partial charge in [-0.25, -0.2) is 0 Å². The van der Waals surface area contributed by atoms with E-state index >= 15 is 0 Å². The lowest BCUT2D eigenvalue weighted by Crippen LogP contribution is -2.39. The van der Waals surface area contributed by atoms with Crippen molar-refractivity contribution < 1.29 is 0 Å². The van der Waals surface area contributed by atoms with E-state index in [1.54, 1.807) is 0 Å². The van der Waals surface area contributed by atoms with Crippen LogP contribution in [0.25, 0.3) is 0 Å². The van der Waals surface area contributed by atoms with Gasteiger partial charge in [0.1, 0.15) is 0 Å². The molecule has 0 bridgehead atoms. The number of nitrogens with two attached hydrogens (primary N) is 1. The summed E-state index contributed by atoms with van der Waals surface area (Å²) < 4.78 is 1.21. The SMILES string of the molecule is CC(N)C1CCN(Cc2cc(Br)cs2)CC1. The quantitative estimate of drug-likeness (QED) is 0.930. The van der Waals surface area contributed by atoms with Crippen LogP contribution in [0.15, 0.2) is 15.9 Å². The van der Waals surface area contributed by atoms with Gasteiger partial charge in [-0.2, -0.15) is 0 Å². The topological polar surface area (TPSA) is 29.3 Å². The molecule has 0 amide bonds. The molecule has 1 aromatic heterocycles. The van der Waals surface area contributed by atoms with Gasteiger partial charge in [-0.3, -0.25) is 4.90 Å². The minimum absolute atomic E-state index is 0.359. The molecule has 2 heterocycles. The van der Waals surface area contributed by atoms with Crippen molar-refractivity contribution >= 4 is 27.3 Å². The maximum absolute atomic E-state index is 5.95. The third-order valence-electron chi connectivity index (χ3n) is 3.38. The first-order valence-electron chi connectivity index (χ1n) is 5.86. The summed E-state index contributed by atoms with van der Waals surface area (Å²) in [5.74, 6) is 0.728. The molecule has 1 atom stereocenters. The Balaban J connectivity index is 1.81. The lowest BCUT2D eigenvalue weighted by atomic mass is 9.91. The lowest BCUT2D eigenvalue weighted by molar-refractivity contribution is 0.167. The summed E-state index contributed by atoms with van der Waals surface area (Å²) in [6.45, 7) is 5.63. The van der Waals surface area contributed by atoms with E-state index in [2.05, 4.69) is 39.2 Å². The summed E-state index contributed by atoms with van der Waals surface area (Å²) >= 11 is 5.34. The fraction of sp³-hybridized carbons (Fsp3) is 0.667. The zero-order valence-corrected chi connectivity index (χ0v) is 12.1. The Morgan fingerprint density at radius 1 is 1.56 bits per heavy atom. The Hall–Kier alpha value is 0.1000. The number of hydrogen-bond acceptors (Lipinski definition) is 3. The highest BCUT2D eigenvalue weighted by Crippen LogP contribution is 2.24. The van der Waals surface area contributed by atoms with Crippen LogP contribution >= 0.6 is 27.3 Å². The van der Waals surface area contributed by atoms with Crippen molar-refractivity contribution in [3.8, 4) is 0 Å². The third kappa shape index (κ3) is 3.29. The molecular weight excluding hydrogens is 284 g/mol. The highest BCUT2D eigenvalue weighted by atomic mass is 79.9. The molecule has 1 aliphatic rings. The van der Waals surface area contributed by atoms with E-state index in [0.717, 1.165) is 12.5 Å². The second kappa shape index (κ2) is 5.63. The van der Waals surface area contributed by atoms with Gasteiger partial charge in [0.15, 0.2) is 0 Å². The molecule has 2 nitrogen and oxygen atoms in total. The average Bonchev–Trinajstić information content (AvgIpc) is 2.65. The summed E-state index contributed by atoms with van der Waals surface area (Å²) in [6.07, 6.45) is 2.51. The summed E-state index contributed by atoms with van der Waals surface area (Å²) in [5.41, 5.74) is 5.95.